The van der Waals surface area contributed by atoms with Crippen LogP contribution >= 0.6 is 0 Å². The van der Waals surface area contributed by atoms with Crippen molar-refractivity contribution in [3.8, 4) is 39.6 Å². The first kappa shape index (κ1) is 50.4. The molecule has 378 valence electrons. The van der Waals surface area contributed by atoms with Crippen LogP contribution in [0, 0.1) is 5.82 Å². The quantitative estimate of drug-likeness (QED) is 0.159. The number of hydrogen-bond acceptors (Lipinski definition) is 4. The summed E-state index contributed by atoms with van der Waals surface area (Å²) < 4.78 is 24.1. The summed E-state index contributed by atoms with van der Waals surface area (Å²) in [6, 6.07) is 53.4. The molecular formula is C68H73FN4O. The number of anilines is 4. The molecule has 0 saturated carbocycles. The highest BCUT2D eigenvalue weighted by molar-refractivity contribution is 6.09. The Hall–Kier alpha value is -7.18. The number of hydrogen-bond donors (Lipinski definition) is 0. The minimum Gasteiger partial charge on any atom is -0.457 e. The van der Waals surface area contributed by atoms with E-state index in [9.17, 15) is 4.39 Å². The second kappa shape index (κ2) is 18.0. The Balaban J connectivity index is 1.20. The summed E-state index contributed by atoms with van der Waals surface area (Å²) in [5.74, 6) is 2.10. The molecule has 3 heterocycles. The van der Waals surface area contributed by atoms with E-state index in [0.717, 1.165) is 78.6 Å². The van der Waals surface area contributed by atoms with E-state index in [2.05, 4.69) is 246 Å². The van der Waals surface area contributed by atoms with Crippen molar-refractivity contribution in [1.29, 1.82) is 0 Å². The summed E-state index contributed by atoms with van der Waals surface area (Å²) in [4.78, 5) is 9.87. The number of nitrogens with zero attached hydrogens (tertiary/aromatic N) is 4. The molecule has 7 aromatic carbocycles. The van der Waals surface area contributed by atoms with E-state index in [-0.39, 0.29) is 32.9 Å². The predicted molar refractivity (Wildman–Crippen MR) is 311 cm³/mol. The Morgan fingerprint density at radius 1 is 0.459 bits per heavy atom. The molecule has 74 heavy (non-hydrogen) atoms. The van der Waals surface area contributed by atoms with E-state index < -0.39 is 0 Å². The van der Waals surface area contributed by atoms with Gasteiger partial charge in [-0.2, -0.15) is 0 Å². The van der Waals surface area contributed by atoms with Gasteiger partial charge >= 0.3 is 0 Å². The molecule has 5 nitrogen and oxygen atoms in total. The summed E-state index contributed by atoms with van der Waals surface area (Å²) in [6.07, 6.45) is 1.93. The topological polar surface area (TPSA) is 33.5 Å². The van der Waals surface area contributed by atoms with Gasteiger partial charge in [-0.25, -0.2) is 9.37 Å². The normalized spacial score (nSPS) is 13.6. The molecule has 0 aliphatic carbocycles. The molecule has 9 aromatic rings. The van der Waals surface area contributed by atoms with Gasteiger partial charge in [0.2, 0.25) is 0 Å². The zero-order valence-electron chi connectivity index (χ0n) is 46.3. The molecule has 0 unspecified atom stereocenters. The van der Waals surface area contributed by atoms with Crippen LogP contribution in [-0.2, 0) is 27.1 Å². The zero-order chi connectivity index (χ0) is 52.9. The molecule has 0 spiro atoms. The van der Waals surface area contributed by atoms with Gasteiger partial charge in [-0.05, 0) is 138 Å². The lowest BCUT2D eigenvalue weighted by molar-refractivity contribution is 0.483. The summed E-state index contributed by atoms with van der Waals surface area (Å²) in [7, 11) is 0. The van der Waals surface area contributed by atoms with Crippen molar-refractivity contribution in [1.82, 2.24) is 9.55 Å². The summed E-state index contributed by atoms with van der Waals surface area (Å²) in [5.41, 5.74) is 16.5. The third-order valence-corrected chi connectivity index (χ3v) is 14.8. The number of ether oxygens (including phenoxy) is 1. The fraction of sp³-hybridized carbons (Fsp3) is 0.309. The Morgan fingerprint density at radius 3 is 1.70 bits per heavy atom. The van der Waals surface area contributed by atoms with Crippen LogP contribution in [0.1, 0.15) is 132 Å². The lowest BCUT2D eigenvalue weighted by atomic mass is 9.71. The lowest BCUT2D eigenvalue weighted by Gasteiger charge is -2.34. The molecule has 0 atom stereocenters. The van der Waals surface area contributed by atoms with Gasteiger partial charge in [0.05, 0.1) is 28.1 Å². The van der Waals surface area contributed by atoms with Crippen LogP contribution in [0.15, 0.2) is 158 Å². The minimum absolute atomic E-state index is 0.0476. The van der Waals surface area contributed by atoms with E-state index in [1.165, 1.54) is 33.4 Å². The van der Waals surface area contributed by atoms with Crippen molar-refractivity contribution < 1.29 is 9.13 Å². The molecule has 0 radical (unpaired) electrons. The fourth-order valence-corrected chi connectivity index (χ4v) is 10.8. The SMILES string of the molecule is CC(C)(C)c1ccnc(-n2c3ccccc3c3ccc(Oc4cc(-c5c(C(C)(C)C)cc(C(C)(C)C)cc5C(C)(C)C)cc(N5CN(c6c(-c7ccc(F)cc7)cccc6C(C)(C)C)c6ccccc65)c4)cc32)c1. The van der Waals surface area contributed by atoms with Gasteiger partial charge in [-0.15, -0.1) is 0 Å². The van der Waals surface area contributed by atoms with Gasteiger partial charge in [0.1, 0.15) is 29.8 Å². The maximum atomic E-state index is 14.5. The average molecular weight is 981 g/mol. The van der Waals surface area contributed by atoms with Crippen molar-refractivity contribution >= 4 is 44.6 Å². The predicted octanol–water partition coefficient (Wildman–Crippen LogP) is 19.2. The van der Waals surface area contributed by atoms with Crippen LogP contribution in [0.4, 0.5) is 27.1 Å². The van der Waals surface area contributed by atoms with Crippen LogP contribution in [0.3, 0.4) is 0 Å². The third-order valence-electron chi connectivity index (χ3n) is 14.8. The highest BCUT2D eigenvalue weighted by Crippen LogP contribution is 2.52. The van der Waals surface area contributed by atoms with Crippen LogP contribution in [0.25, 0.3) is 49.9 Å². The summed E-state index contributed by atoms with van der Waals surface area (Å²) in [5, 5.41) is 2.30. The van der Waals surface area contributed by atoms with Gasteiger partial charge in [0.25, 0.3) is 0 Å². The van der Waals surface area contributed by atoms with Crippen molar-refractivity contribution in [2.45, 2.75) is 131 Å². The Kier molecular flexibility index (Phi) is 12.3. The van der Waals surface area contributed by atoms with Gasteiger partial charge in [-0.1, -0.05) is 177 Å². The number of rotatable bonds is 7. The van der Waals surface area contributed by atoms with Crippen LogP contribution in [0.5, 0.6) is 11.5 Å². The number of para-hydroxylation sites is 4. The van der Waals surface area contributed by atoms with Crippen molar-refractivity contribution in [3.05, 3.63) is 191 Å². The van der Waals surface area contributed by atoms with Crippen LogP contribution < -0.4 is 14.5 Å². The molecule has 6 heteroatoms. The van der Waals surface area contributed by atoms with Crippen molar-refractivity contribution in [2.24, 2.45) is 0 Å². The number of pyridine rings is 1. The first-order valence-electron chi connectivity index (χ1n) is 26.3. The Labute approximate surface area is 439 Å². The highest BCUT2D eigenvalue weighted by atomic mass is 19.1. The largest absolute Gasteiger partial charge is 0.457 e. The smallest absolute Gasteiger partial charge is 0.137 e. The highest BCUT2D eigenvalue weighted by Gasteiger charge is 2.35. The Bertz CT molecular complexity index is 3570. The van der Waals surface area contributed by atoms with E-state index >= 15 is 0 Å². The molecule has 2 aromatic heterocycles. The number of benzene rings is 7. The molecule has 0 bridgehead atoms. The van der Waals surface area contributed by atoms with E-state index in [1.807, 2.05) is 18.3 Å². The maximum absolute atomic E-state index is 14.5. The van der Waals surface area contributed by atoms with Crippen molar-refractivity contribution in [3.63, 3.8) is 0 Å². The van der Waals surface area contributed by atoms with Crippen LogP contribution in [-0.4, -0.2) is 16.2 Å². The van der Waals surface area contributed by atoms with E-state index in [4.69, 9.17) is 9.72 Å². The van der Waals surface area contributed by atoms with E-state index in [1.54, 1.807) is 12.1 Å². The first-order chi connectivity index (χ1) is 34.8. The molecule has 0 saturated heterocycles. The number of aromatic nitrogens is 2. The van der Waals surface area contributed by atoms with E-state index in [0.29, 0.717) is 6.67 Å². The molecule has 0 amide bonds. The molecule has 1 aliphatic rings. The van der Waals surface area contributed by atoms with Gasteiger partial charge < -0.3 is 14.5 Å². The van der Waals surface area contributed by atoms with Gasteiger partial charge in [-0.3, -0.25) is 4.57 Å². The molecule has 0 fully saturated rings. The number of fused-ring (bicyclic) bond motifs is 4. The monoisotopic (exact) mass is 981 g/mol. The summed E-state index contributed by atoms with van der Waals surface area (Å²) >= 11 is 0. The second-order valence-corrected chi connectivity index (χ2v) is 25.6. The summed E-state index contributed by atoms with van der Waals surface area (Å²) in [6.45, 7) is 35.1. The van der Waals surface area contributed by atoms with Crippen LogP contribution in [0.2, 0.25) is 0 Å². The molecular weight excluding hydrogens is 908 g/mol. The second-order valence-electron chi connectivity index (χ2n) is 25.6. The molecule has 1 aliphatic heterocycles. The third kappa shape index (κ3) is 9.37. The molecule has 0 N–H and O–H groups in total. The zero-order valence-corrected chi connectivity index (χ0v) is 46.3. The minimum atomic E-state index is -0.250. The molecule has 10 rings (SSSR count). The lowest BCUT2D eigenvalue weighted by Crippen LogP contribution is -2.27. The average Bonchev–Trinajstić information content (AvgIpc) is 3.88. The Morgan fingerprint density at radius 2 is 1.07 bits per heavy atom. The first-order valence-corrected chi connectivity index (χ1v) is 26.3. The van der Waals surface area contributed by atoms with Crippen molar-refractivity contribution in [2.75, 3.05) is 16.5 Å². The van der Waals surface area contributed by atoms with Gasteiger partial charge in [0, 0.05) is 40.4 Å². The number of halogens is 1. The van der Waals surface area contributed by atoms with Gasteiger partial charge in [0.15, 0.2) is 0 Å². The fourth-order valence-electron chi connectivity index (χ4n) is 10.8. The maximum Gasteiger partial charge on any atom is 0.137 e. The standard InChI is InChI=1S/C68H73FN4O/c1-64(2,3)45-33-34-70-61(39-45)73-57-24-17-16-21-52(57)53-32-31-49(41-60(53)73)74-50-36-44(62-55(67(10,11)12)37-46(65(4,5)6)38-56(62)68(13,14)15)35-48(40-50)71-42-72(59-26-19-18-25-58(59)71)63-51(43-27-29-47(69)30-28-43)22-20-23-54(63)66(7,8)9/h16-41H,42H2,1-15H3.